The van der Waals surface area contributed by atoms with E-state index in [1.807, 2.05) is 42.5 Å². The van der Waals surface area contributed by atoms with Crippen molar-refractivity contribution in [3.05, 3.63) is 120 Å². The van der Waals surface area contributed by atoms with Crippen LogP contribution in [0.5, 0.6) is 5.75 Å². The number of halogens is 3. The summed E-state index contributed by atoms with van der Waals surface area (Å²) in [6.07, 6.45) is -2.54. The van der Waals surface area contributed by atoms with Gasteiger partial charge in [0, 0.05) is 34.3 Å². The number of rotatable bonds is 11. The maximum atomic E-state index is 13.1. The minimum absolute atomic E-state index is 0.0575. The molecular formula is C35H32F3N3O4S2. The molecule has 6 rings (SSSR count). The Morgan fingerprint density at radius 3 is 2.28 bits per heavy atom. The van der Waals surface area contributed by atoms with E-state index >= 15 is 0 Å². The number of thiazole rings is 1. The summed E-state index contributed by atoms with van der Waals surface area (Å²) in [7, 11) is -3.85. The zero-order chi connectivity index (χ0) is 33.0. The van der Waals surface area contributed by atoms with Crippen LogP contribution in [-0.2, 0) is 22.6 Å². The van der Waals surface area contributed by atoms with Crippen LogP contribution in [0.1, 0.15) is 24.0 Å². The van der Waals surface area contributed by atoms with Gasteiger partial charge >= 0.3 is 6.18 Å². The molecule has 1 aliphatic rings. The van der Waals surface area contributed by atoms with E-state index < -0.39 is 27.9 Å². The molecule has 2 heterocycles. The summed E-state index contributed by atoms with van der Waals surface area (Å²) in [5.41, 5.74) is 2.54. The van der Waals surface area contributed by atoms with Crippen molar-refractivity contribution in [2.75, 3.05) is 11.3 Å². The molecule has 3 atom stereocenters. The second-order valence-electron chi connectivity index (χ2n) is 11.4. The van der Waals surface area contributed by atoms with Crippen molar-refractivity contribution in [2.24, 2.45) is 0 Å². The average Bonchev–Trinajstić information content (AvgIpc) is 3.76. The lowest BCUT2D eigenvalue weighted by atomic mass is 10.0. The van der Waals surface area contributed by atoms with Crippen molar-refractivity contribution in [2.45, 2.75) is 48.5 Å². The lowest BCUT2D eigenvalue weighted by Crippen LogP contribution is -2.42. The highest BCUT2D eigenvalue weighted by Crippen LogP contribution is 2.33. The van der Waals surface area contributed by atoms with Crippen LogP contribution in [0.3, 0.4) is 0 Å². The normalized spacial score (nSPS) is 17.4. The predicted molar refractivity (Wildman–Crippen MR) is 177 cm³/mol. The van der Waals surface area contributed by atoms with Crippen LogP contribution in [0.25, 0.3) is 21.8 Å². The number of nitrogens with one attached hydrogen (secondary N) is 2. The number of sulfonamides is 1. The van der Waals surface area contributed by atoms with E-state index in [-0.39, 0.29) is 23.6 Å². The maximum absolute atomic E-state index is 13.1. The Morgan fingerprint density at radius 2 is 1.60 bits per heavy atom. The van der Waals surface area contributed by atoms with Crippen LogP contribution >= 0.6 is 11.3 Å². The van der Waals surface area contributed by atoms with Crippen LogP contribution in [0.2, 0.25) is 0 Å². The Kier molecular flexibility index (Phi) is 9.65. The molecule has 0 bridgehead atoms. The highest BCUT2D eigenvalue weighted by molar-refractivity contribution is 7.92. The van der Waals surface area contributed by atoms with Gasteiger partial charge in [-0.25, -0.2) is 13.4 Å². The second-order valence-corrected chi connectivity index (χ2v) is 13.9. The smallest absolute Gasteiger partial charge is 0.416 e. The molecule has 4 aromatic carbocycles. The summed E-state index contributed by atoms with van der Waals surface area (Å²) < 4.78 is 73.2. The van der Waals surface area contributed by atoms with Crippen molar-refractivity contribution in [1.29, 1.82) is 0 Å². The number of aromatic nitrogens is 1. The summed E-state index contributed by atoms with van der Waals surface area (Å²) >= 11 is 1.32. The topological polar surface area (TPSA) is 101 Å². The monoisotopic (exact) mass is 679 g/mol. The molecule has 0 unspecified atom stereocenters. The lowest BCUT2D eigenvalue weighted by Gasteiger charge is -2.20. The predicted octanol–water partition coefficient (Wildman–Crippen LogP) is 7.40. The number of benzene rings is 4. The van der Waals surface area contributed by atoms with Gasteiger partial charge < -0.3 is 15.2 Å². The van der Waals surface area contributed by atoms with Gasteiger partial charge in [-0.1, -0.05) is 54.6 Å². The molecule has 0 saturated carbocycles. The Labute approximate surface area is 275 Å². The van der Waals surface area contributed by atoms with Crippen molar-refractivity contribution in [1.82, 2.24) is 10.3 Å². The molecule has 1 fully saturated rings. The molecular weight excluding hydrogens is 648 g/mol. The largest absolute Gasteiger partial charge is 0.491 e. The third-order valence-electron chi connectivity index (χ3n) is 8.02. The molecule has 0 aliphatic carbocycles. The van der Waals surface area contributed by atoms with E-state index in [0.29, 0.717) is 27.5 Å². The third kappa shape index (κ3) is 8.20. The van der Waals surface area contributed by atoms with Crippen LogP contribution < -0.4 is 14.8 Å². The van der Waals surface area contributed by atoms with Gasteiger partial charge in [-0.05, 0) is 73.4 Å². The van der Waals surface area contributed by atoms with Gasteiger partial charge in [-0.2, -0.15) is 13.2 Å². The Bertz CT molecular complexity index is 1880. The molecule has 7 nitrogen and oxygen atoms in total. The minimum Gasteiger partial charge on any atom is -0.491 e. The molecule has 5 aromatic rings. The first kappa shape index (κ1) is 32.7. The van der Waals surface area contributed by atoms with Gasteiger partial charge in [0.2, 0.25) is 0 Å². The van der Waals surface area contributed by atoms with Crippen molar-refractivity contribution in [3.8, 4) is 27.6 Å². The van der Waals surface area contributed by atoms with E-state index in [4.69, 9.17) is 4.74 Å². The summed E-state index contributed by atoms with van der Waals surface area (Å²) in [4.78, 5) is 4.61. The quantitative estimate of drug-likeness (QED) is 0.135. The highest BCUT2D eigenvalue weighted by Gasteiger charge is 2.31. The Balaban J connectivity index is 1.01. The van der Waals surface area contributed by atoms with Gasteiger partial charge in [0.05, 0.1) is 16.2 Å². The second kappa shape index (κ2) is 13.9. The van der Waals surface area contributed by atoms with Crippen molar-refractivity contribution < 1.29 is 31.4 Å². The number of hydrogen-bond acceptors (Lipinski definition) is 7. The van der Waals surface area contributed by atoms with E-state index in [9.17, 15) is 26.7 Å². The van der Waals surface area contributed by atoms with E-state index in [1.165, 1.54) is 35.6 Å². The van der Waals surface area contributed by atoms with Crippen LogP contribution in [0.15, 0.2) is 113 Å². The fourth-order valence-electron chi connectivity index (χ4n) is 5.48. The third-order valence-corrected chi connectivity index (χ3v) is 10.3. The first-order valence-corrected chi connectivity index (χ1v) is 17.4. The first-order valence-electron chi connectivity index (χ1n) is 15.0. The molecule has 1 aliphatic heterocycles. The fraction of sp³-hybridized carbons (Fsp3) is 0.229. The molecule has 1 saturated heterocycles. The van der Waals surface area contributed by atoms with Gasteiger partial charge in [-0.15, -0.1) is 11.3 Å². The zero-order valence-electron chi connectivity index (χ0n) is 25.0. The zero-order valence-corrected chi connectivity index (χ0v) is 26.7. The van der Waals surface area contributed by atoms with Crippen LogP contribution in [0.4, 0.5) is 18.9 Å². The fourth-order valence-corrected chi connectivity index (χ4v) is 7.38. The summed E-state index contributed by atoms with van der Waals surface area (Å²) in [6.45, 7) is 0.212. The number of para-hydroxylation sites is 1. The molecule has 1 aromatic heterocycles. The van der Waals surface area contributed by atoms with Gasteiger partial charge in [0.1, 0.15) is 23.5 Å². The lowest BCUT2D eigenvalue weighted by molar-refractivity contribution is -0.137. The summed E-state index contributed by atoms with van der Waals surface area (Å²) in [5.74, 6) is 0.722. The van der Waals surface area contributed by atoms with E-state index in [2.05, 4.69) is 15.0 Å². The first-order chi connectivity index (χ1) is 22.5. The number of hydrogen-bond donors (Lipinski definition) is 3. The van der Waals surface area contributed by atoms with Crippen LogP contribution in [-0.4, -0.2) is 43.3 Å². The number of anilines is 1. The summed E-state index contributed by atoms with van der Waals surface area (Å²) in [5, 5.41) is 16.5. The standard InChI is InChI=1S/C35H32F3N3O4S2/c36-35(37,38)26-12-8-24(9-13-26)32-22-46-34(40-32)25-10-17-30(18-11-25)47(43,44)41-27-14-6-23(7-15-27)20-28-16-19-31(39-28)33(42)21-45-29-4-2-1-3-5-29/h1-15,17-18,22,28,31,33,39,41-42H,16,19-21H2/t28-,31+,33+/m0/s1. The molecule has 244 valence electrons. The van der Waals surface area contributed by atoms with Gasteiger partial charge in [0.15, 0.2) is 0 Å². The van der Waals surface area contributed by atoms with Gasteiger partial charge in [-0.3, -0.25) is 4.72 Å². The Hall–Kier alpha value is -4.23. The van der Waals surface area contributed by atoms with Crippen molar-refractivity contribution in [3.63, 3.8) is 0 Å². The number of nitrogens with zero attached hydrogens (tertiary/aromatic N) is 1. The SMILES string of the molecule is O=S(=O)(Nc1ccc(C[C@@H]2CC[C@H]([C@H](O)COc3ccccc3)N2)cc1)c1ccc(-c2nc(-c3ccc(C(F)(F)F)cc3)cs2)cc1. The molecule has 3 N–H and O–H groups in total. The Morgan fingerprint density at radius 1 is 0.915 bits per heavy atom. The maximum Gasteiger partial charge on any atom is 0.416 e. The number of alkyl halides is 3. The number of ether oxygens (including phenoxy) is 1. The van der Waals surface area contributed by atoms with Crippen molar-refractivity contribution >= 4 is 27.0 Å². The summed E-state index contributed by atoms with van der Waals surface area (Å²) in [6, 6.07) is 27.9. The molecule has 47 heavy (non-hydrogen) atoms. The molecule has 0 amide bonds. The molecule has 0 spiro atoms. The van der Waals surface area contributed by atoms with Crippen LogP contribution in [0, 0.1) is 0 Å². The minimum atomic E-state index is -4.41. The van der Waals surface area contributed by atoms with E-state index in [0.717, 1.165) is 42.7 Å². The van der Waals surface area contributed by atoms with Gasteiger partial charge in [0.25, 0.3) is 10.0 Å². The molecule has 12 heteroatoms. The highest BCUT2D eigenvalue weighted by atomic mass is 32.2. The average molecular weight is 680 g/mol. The number of aliphatic hydroxyl groups excluding tert-OH is 1. The van der Waals surface area contributed by atoms with E-state index in [1.54, 1.807) is 29.6 Å². The molecule has 0 radical (unpaired) electrons. The number of aliphatic hydroxyl groups is 1.